The van der Waals surface area contributed by atoms with E-state index in [1.165, 1.54) is 0 Å². The minimum Gasteiger partial charge on any atom is -0.450 e. The van der Waals surface area contributed by atoms with Gasteiger partial charge in [0.25, 0.3) is 0 Å². The van der Waals surface area contributed by atoms with E-state index in [0.29, 0.717) is 32.1 Å². The van der Waals surface area contributed by atoms with Crippen molar-refractivity contribution in [2.24, 2.45) is 34.5 Å². The lowest BCUT2D eigenvalue weighted by molar-refractivity contribution is -0.257. The van der Waals surface area contributed by atoms with Crippen LogP contribution in [-0.2, 0) is 19.1 Å². The summed E-state index contributed by atoms with van der Waals surface area (Å²) in [6.07, 6.45) is 1.85. The number of aliphatic hydroxyl groups is 1. The van der Waals surface area contributed by atoms with Gasteiger partial charge in [0.1, 0.15) is 11.5 Å². The number of fused-ring (bicyclic) bond motifs is 5. The maximum atomic E-state index is 17.3. The summed E-state index contributed by atoms with van der Waals surface area (Å²) in [7, 11) is 0. The summed E-state index contributed by atoms with van der Waals surface area (Å²) >= 11 is 6.03. The molecule has 32 heavy (non-hydrogen) atoms. The van der Waals surface area contributed by atoms with Crippen molar-refractivity contribution in [2.75, 3.05) is 5.88 Å². The maximum Gasteiger partial charge on any atom is 0.306 e. The van der Waals surface area contributed by atoms with E-state index in [2.05, 4.69) is 0 Å². The molecule has 4 aliphatic rings. The Bertz CT molecular complexity index is 833. The van der Waals surface area contributed by atoms with Gasteiger partial charge in [-0.3, -0.25) is 14.4 Å². The van der Waals surface area contributed by atoms with E-state index in [0.717, 1.165) is 6.42 Å². The SMILES string of the molecule is CCC(=O)O[C@@]1(C(=O)CCl)[C@H](C)C[C@H]2[C@@H]3CC[C@@H]4CC(=O)CC[C@]4(C)[C@@]3(F)[C@@H](O)C[C@@]21C. The van der Waals surface area contributed by atoms with Gasteiger partial charge in [0.2, 0.25) is 0 Å². The van der Waals surface area contributed by atoms with E-state index < -0.39 is 40.1 Å². The summed E-state index contributed by atoms with van der Waals surface area (Å²) in [5.74, 6) is -2.05. The van der Waals surface area contributed by atoms with Crippen molar-refractivity contribution in [3.8, 4) is 0 Å². The number of esters is 1. The molecule has 180 valence electrons. The van der Waals surface area contributed by atoms with Crippen LogP contribution in [0.1, 0.15) is 79.1 Å². The van der Waals surface area contributed by atoms with Crippen LogP contribution in [0, 0.1) is 34.5 Å². The first-order valence-corrected chi connectivity index (χ1v) is 12.7. The van der Waals surface area contributed by atoms with Gasteiger partial charge in [0.15, 0.2) is 11.4 Å². The van der Waals surface area contributed by atoms with Crippen LogP contribution in [0.4, 0.5) is 4.39 Å². The summed E-state index contributed by atoms with van der Waals surface area (Å²) in [5, 5.41) is 11.5. The van der Waals surface area contributed by atoms with Gasteiger partial charge < -0.3 is 9.84 Å². The van der Waals surface area contributed by atoms with Crippen LogP contribution in [0.15, 0.2) is 0 Å². The summed E-state index contributed by atoms with van der Waals surface area (Å²) in [6.45, 7) is 7.36. The van der Waals surface area contributed by atoms with Crippen LogP contribution in [-0.4, -0.2) is 45.9 Å². The lowest BCUT2D eigenvalue weighted by Crippen LogP contribution is -2.71. The van der Waals surface area contributed by atoms with E-state index in [1.807, 2.05) is 20.8 Å². The largest absolute Gasteiger partial charge is 0.450 e. The van der Waals surface area contributed by atoms with Gasteiger partial charge >= 0.3 is 5.97 Å². The molecule has 4 aliphatic carbocycles. The molecule has 0 unspecified atom stereocenters. The van der Waals surface area contributed by atoms with E-state index >= 15 is 4.39 Å². The third-order valence-electron chi connectivity index (χ3n) is 10.2. The van der Waals surface area contributed by atoms with Crippen molar-refractivity contribution in [1.29, 1.82) is 0 Å². The Morgan fingerprint density at radius 1 is 1.22 bits per heavy atom. The topological polar surface area (TPSA) is 80.7 Å². The van der Waals surface area contributed by atoms with E-state index in [9.17, 15) is 19.5 Å². The molecule has 0 aromatic heterocycles. The number of hydrogen-bond donors (Lipinski definition) is 1. The number of Topliss-reactive ketones (excluding diaryl/α,β-unsaturated/α-hetero) is 2. The molecule has 0 aromatic rings. The van der Waals surface area contributed by atoms with Gasteiger partial charge in [-0.05, 0) is 49.9 Å². The zero-order chi connectivity index (χ0) is 23.7. The molecule has 0 saturated heterocycles. The molecule has 0 spiro atoms. The Morgan fingerprint density at radius 2 is 1.91 bits per heavy atom. The minimum absolute atomic E-state index is 0.0326. The molecule has 0 aromatic carbocycles. The summed E-state index contributed by atoms with van der Waals surface area (Å²) in [6, 6.07) is 0. The molecule has 1 N–H and O–H groups in total. The van der Waals surface area contributed by atoms with Crippen LogP contribution in [0.2, 0.25) is 0 Å². The van der Waals surface area contributed by atoms with Crippen LogP contribution < -0.4 is 0 Å². The molecule has 0 heterocycles. The third kappa shape index (κ3) is 2.80. The Balaban J connectivity index is 1.81. The highest BCUT2D eigenvalue weighted by Crippen LogP contribution is 2.72. The highest BCUT2D eigenvalue weighted by Gasteiger charge is 2.77. The van der Waals surface area contributed by atoms with Gasteiger partial charge in [0.05, 0.1) is 12.0 Å². The molecule has 9 atom stereocenters. The summed E-state index contributed by atoms with van der Waals surface area (Å²) in [5.41, 5.74) is -4.99. The Kier molecular flexibility index (Phi) is 5.85. The number of carbonyl (C=O) groups excluding carboxylic acids is 3. The molecule has 4 fully saturated rings. The highest BCUT2D eigenvalue weighted by atomic mass is 35.5. The molecule has 7 heteroatoms. The number of rotatable bonds is 4. The second-order valence-electron chi connectivity index (χ2n) is 11.3. The third-order valence-corrected chi connectivity index (χ3v) is 10.4. The van der Waals surface area contributed by atoms with Gasteiger partial charge in [-0.2, -0.15) is 0 Å². The summed E-state index contributed by atoms with van der Waals surface area (Å²) < 4.78 is 23.2. The average molecular weight is 471 g/mol. The van der Waals surface area contributed by atoms with Crippen LogP contribution in [0.3, 0.4) is 0 Å². The van der Waals surface area contributed by atoms with E-state index in [1.54, 1.807) is 6.92 Å². The quantitative estimate of drug-likeness (QED) is 0.486. The lowest BCUT2D eigenvalue weighted by atomic mass is 9.42. The van der Waals surface area contributed by atoms with Crippen LogP contribution in [0.25, 0.3) is 0 Å². The number of carbonyl (C=O) groups is 3. The number of ether oxygens (including phenoxy) is 1. The highest BCUT2D eigenvalue weighted by molar-refractivity contribution is 6.29. The number of hydrogen-bond acceptors (Lipinski definition) is 5. The van der Waals surface area contributed by atoms with Crippen molar-refractivity contribution in [3.05, 3.63) is 0 Å². The second kappa shape index (κ2) is 7.76. The van der Waals surface area contributed by atoms with Crippen molar-refractivity contribution in [3.63, 3.8) is 0 Å². The molecule has 4 saturated carbocycles. The molecule has 0 aliphatic heterocycles. The Labute approximate surface area is 194 Å². The van der Waals surface area contributed by atoms with Crippen LogP contribution in [0.5, 0.6) is 0 Å². The number of ketones is 2. The number of aliphatic hydroxyl groups excluding tert-OH is 1. The first-order valence-electron chi connectivity index (χ1n) is 12.1. The van der Waals surface area contributed by atoms with E-state index in [-0.39, 0.29) is 48.0 Å². The fourth-order valence-electron chi connectivity index (χ4n) is 8.59. The second-order valence-corrected chi connectivity index (χ2v) is 11.6. The van der Waals surface area contributed by atoms with Gasteiger partial charge in [0, 0.05) is 36.0 Å². The molecule has 0 amide bonds. The fraction of sp³-hybridized carbons (Fsp3) is 0.880. The van der Waals surface area contributed by atoms with Gasteiger partial charge in [-0.15, -0.1) is 11.6 Å². The molecular formula is C25H36ClFO5. The zero-order valence-corrected chi connectivity index (χ0v) is 20.3. The zero-order valence-electron chi connectivity index (χ0n) is 19.6. The monoisotopic (exact) mass is 470 g/mol. The van der Waals surface area contributed by atoms with Crippen molar-refractivity contribution >= 4 is 29.1 Å². The Morgan fingerprint density at radius 3 is 2.53 bits per heavy atom. The number of alkyl halides is 2. The van der Waals surface area contributed by atoms with E-state index in [4.69, 9.17) is 16.3 Å². The summed E-state index contributed by atoms with van der Waals surface area (Å²) in [4.78, 5) is 37.9. The van der Waals surface area contributed by atoms with Crippen LogP contribution >= 0.6 is 11.6 Å². The molecular weight excluding hydrogens is 435 g/mol. The normalized spacial score (nSPS) is 50.2. The van der Waals surface area contributed by atoms with Gasteiger partial charge in [-0.1, -0.05) is 27.7 Å². The standard InChI is InChI=1S/C25H36ClFO5/c1-5-21(31)32-25(20(30)13-26)14(2)10-18-17-7-6-15-11-16(28)8-9-22(15,3)24(17,27)19(29)12-23(18,25)4/h14-15,17-19,29H,5-13H2,1-4H3/t14-,15-,17+,18+,19+,22+,23+,24+,25-/m1/s1. The predicted molar refractivity (Wildman–Crippen MR) is 118 cm³/mol. The molecule has 4 rings (SSSR count). The fourth-order valence-corrected chi connectivity index (χ4v) is 8.79. The molecule has 0 bridgehead atoms. The maximum absolute atomic E-state index is 17.3. The molecule has 0 radical (unpaired) electrons. The average Bonchev–Trinajstić information content (AvgIpc) is 2.96. The number of halogens is 2. The minimum atomic E-state index is -1.84. The first kappa shape index (κ1) is 24.1. The van der Waals surface area contributed by atoms with Gasteiger partial charge in [-0.25, -0.2) is 4.39 Å². The predicted octanol–water partition coefficient (Wildman–Crippen LogP) is 4.41. The molecule has 5 nitrogen and oxygen atoms in total. The Hall–Kier alpha value is -1.01. The smallest absolute Gasteiger partial charge is 0.306 e. The van der Waals surface area contributed by atoms with Crippen molar-refractivity contribution in [2.45, 2.75) is 96.4 Å². The van der Waals surface area contributed by atoms with Crippen molar-refractivity contribution in [1.82, 2.24) is 0 Å². The van der Waals surface area contributed by atoms with Crippen molar-refractivity contribution < 1.29 is 28.6 Å². The first-order chi connectivity index (χ1) is 14.9. The lowest BCUT2D eigenvalue weighted by Gasteiger charge is -2.65.